The molecule has 2 aromatic rings. The van der Waals surface area contributed by atoms with E-state index in [9.17, 15) is 47.4 Å². The van der Waals surface area contributed by atoms with Crippen LogP contribution < -0.4 is 24.9 Å². The van der Waals surface area contributed by atoms with Crippen LogP contribution >= 0.6 is 11.8 Å². The summed E-state index contributed by atoms with van der Waals surface area (Å²) in [5, 5.41) is 34.5. The van der Waals surface area contributed by atoms with Crippen LogP contribution in [0.1, 0.15) is 25.3 Å². The molecule has 2 heterocycles. The number of quaternary nitrogens is 2. The van der Waals surface area contributed by atoms with E-state index in [1.807, 2.05) is 24.3 Å². The van der Waals surface area contributed by atoms with Gasteiger partial charge in [0.1, 0.15) is 26.2 Å². The van der Waals surface area contributed by atoms with Crippen molar-refractivity contribution in [3.8, 4) is 0 Å². The van der Waals surface area contributed by atoms with E-state index in [2.05, 4.69) is 4.90 Å². The van der Waals surface area contributed by atoms with Gasteiger partial charge in [-0.15, -0.1) is 0 Å². The van der Waals surface area contributed by atoms with E-state index >= 15 is 0 Å². The molecule has 0 spiro atoms. The number of halogens is 3. The second-order valence-electron chi connectivity index (χ2n) is 10.9. The number of esters is 1. The second-order valence-corrected chi connectivity index (χ2v) is 12.0. The predicted octanol–water partition coefficient (Wildman–Crippen LogP) is -0.811. The molecule has 0 bridgehead atoms. The van der Waals surface area contributed by atoms with Gasteiger partial charge in [0.15, 0.2) is 0 Å². The van der Waals surface area contributed by atoms with Crippen molar-refractivity contribution in [2.45, 2.75) is 35.7 Å². The number of rotatable bonds is 11. The topological polar surface area (TPSA) is 193 Å². The minimum absolute atomic E-state index is 0.233. The molecule has 272 valence electrons. The number of fused-ring (bicyclic) bond motifs is 2. The maximum absolute atomic E-state index is 13.4. The molecule has 50 heavy (non-hydrogen) atoms. The summed E-state index contributed by atoms with van der Waals surface area (Å²) >= 11 is 1.53. The van der Waals surface area contributed by atoms with E-state index in [4.69, 9.17) is 14.9 Å². The highest BCUT2D eigenvalue weighted by atomic mass is 32.2. The fourth-order valence-corrected chi connectivity index (χ4v) is 6.12. The molecule has 13 nitrogen and oxygen atoms in total. The Balaban J connectivity index is 0.000000450. The SMILES string of the molecule is CC(=O)OCC[NH+]1CCC[NH+](CCCN2c3ccccc3Sc3ccc(C(F)(F)F)cc32)CC1.O=C([O-])/C=C/C(=O)O.O=C([O-])/C=C/C(=O)O. The second kappa shape index (κ2) is 20.6. The molecule has 0 amide bonds. The number of nitrogens with one attached hydrogen (secondary N) is 2. The number of anilines is 2. The van der Waals surface area contributed by atoms with Crippen LogP contribution in [-0.4, -0.2) is 92.5 Å². The zero-order valence-corrected chi connectivity index (χ0v) is 27.9. The number of carbonyl (C=O) groups is 5. The van der Waals surface area contributed by atoms with Gasteiger partial charge < -0.3 is 49.5 Å². The van der Waals surface area contributed by atoms with Crippen molar-refractivity contribution in [3.63, 3.8) is 0 Å². The van der Waals surface area contributed by atoms with E-state index in [0.717, 1.165) is 67.6 Å². The summed E-state index contributed by atoms with van der Waals surface area (Å²) in [5.41, 5.74) is 1.02. The molecule has 17 heteroatoms. The summed E-state index contributed by atoms with van der Waals surface area (Å²) in [6.07, 6.45) is -0.462. The van der Waals surface area contributed by atoms with Crippen molar-refractivity contribution in [1.29, 1.82) is 0 Å². The molecule has 2 aromatic carbocycles. The van der Waals surface area contributed by atoms with Crippen molar-refractivity contribution < 1.29 is 72.1 Å². The Bertz CT molecular complexity index is 1490. The molecule has 0 aromatic heterocycles. The fraction of sp³-hybridized carbons (Fsp3) is 0.364. The van der Waals surface area contributed by atoms with Gasteiger partial charge in [-0.1, -0.05) is 23.9 Å². The minimum atomic E-state index is -4.36. The number of hydrogen-bond donors (Lipinski definition) is 4. The quantitative estimate of drug-likeness (QED) is 0.167. The standard InChI is InChI=1S/C25H30F3N3O2S.2C4H4O4/c1-19(32)33-17-16-30-11-4-10-29(14-15-30)12-5-13-31-21-6-2-3-7-23(21)34-24-9-8-20(18-22(24)31)25(26,27)28;2*5-3(6)1-2-4(7)8/h2-3,6-9,18H,4-5,10-17H2,1H3;2*1-2H,(H,5,6)(H,7,8)/b;2*2-1+. The number of ether oxygens (including phenoxy) is 1. The molecule has 4 N–H and O–H groups in total. The number of nitrogens with zero attached hydrogens (tertiary/aromatic N) is 1. The first-order valence-electron chi connectivity index (χ1n) is 15.4. The Morgan fingerprint density at radius 3 is 1.92 bits per heavy atom. The summed E-state index contributed by atoms with van der Waals surface area (Å²) in [6.45, 7) is 8.67. The van der Waals surface area contributed by atoms with Gasteiger partial charge in [0.2, 0.25) is 0 Å². The predicted molar refractivity (Wildman–Crippen MR) is 170 cm³/mol. The summed E-state index contributed by atoms with van der Waals surface area (Å²) in [4.78, 5) is 55.9. The first-order chi connectivity index (χ1) is 23.6. The Labute approximate surface area is 290 Å². The number of carbonyl (C=O) groups excluding carboxylic acids is 3. The van der Waals surface area contributed by atoms with E-state index < -0.39 is 35.6 Å². The van der Waals surface area contributed by atoms with Gasteiger partial charge >= 0.3 is 24.1 Å². The lowest BCUT2D eigenvalue weighted by Crippen LogP contribution is -3.18. The van der Waals surface area contributed by atoms with Crippen LogP contribution in [0.5, 0.6) is 0 Å². The van der Waals surface area contributed by atoms with Crippen molar-refractivity contribution in [1.82, 2.24) is 0 Å². The Morgan fingerprint density at radius 1 is 0.840 bits per heavy atom. The lowest BCUT2D eigenvalue weighted by atomic mass is 10.1. The van der Waals surface area contributed by atoms with Gasteiger partial charge in [0, 0.05) is 48.3 Å². The van der Waals surface area contributed by atoms with Crippen LogP contribution in [0.25, 0.3) is 0 Å². The molecule has 2 unspecified atom stereocenters. The molecule has 0 radical (unpaired) electrons. The zero-order chi connectivity index (χ0) is 37.3. The summed E-state index contributed by atoms with van der Waals surface area (Å²) in [5.74, 6) is -5.84. The number of carboxylic acids is 4. The zero-order valence-electron chi connectivity index (χ0n) is 27.1. The van der Waals surface area contributed by atoms with Gasteiger partial charge in [-0.2, -0.15) is 13.2 Å². The van der Waals surface area contributed by atoms with Crippen molar-refractivity contribution in [2.24, 2.45) is 0 Å². The van der Waals surface area contributed by atoms with Crippen molar-refractivity contribution >= 4 is 53.0 Å². The average Bonchev–Trinajstić information content (AvgIpc) is 3.27. The minimum Gasteiger partial charge on any atom is -0.545 e. The number of alkyl halides is 3. The van der Waals surface area contributed by atoms with Crippen LogP contribution in [0.4, 0.5) is 24.5 Å². The van der Waals surface area contributed by atoms with Crippen LogP contribution in [-0.2, 0) is 34.9 Å². The van der Waals surface area contributed by atoms with Crippen LogP contribution in [0.2, 0.25) is 0 Å². The molecule has 2 aliphatic heterocycles. The highest BCUT2D eigenvalue weighted by Gasteiger charge is 2.33. The molecule has 2 atom stereocenters. The number of carboxylic acid groups (broad SMARTS) is 4. The molecule has 0 aliphatic carbocycles. The fourth-order valence-electron chi connectivity index (χ4n) is 5.04. The van der Waals surface area contributed by atoms with Crippen molar-refractivity contribution in [3.05, 3.63) is 72.3 Å². The third kappa shape index (κ3) is 15.6. The molecule has 1 saturated heterocycles. The summed E-state index contributed by atoms with van der Waals surface area (Å²) in [7, 11) is 0. The highest BCUT2D eigenvalue weighted by Crippen LogP contribution is 2.49. The van der Waals surface area contributed by atoms with Gasteiger partial charge in [-0.3, -0.25) is 4.79 Å². The number of aliphatic carboxylic acids is 4. The van der Waals surface area contributed by atoms with Gasteiger partial charge in [-0.25, -0.2) is 9.59 Å². The number of benzene rings is 2. The normalized spacial score (nSPS) is 16.8. The van der Waals surface area contributed by atoms with Gasteiger partial charge in [-0.05, 0) is 42.5 Å². The lowest BCUT2D eigenvalue weighted by molar-refractivity contribution is -0.938. The van der Waals surface area contributed by atoms with Gasteiger partial charge in [0.25, 0.3) is 0 Å². The first kappa shape index (κ1) is 41.3. The van der Waals surface area contributed by atoms with Crippen LogP contribution in [0, 0.1) is 0 Å². The van der Waals surface area contributed by atoms with Gasteiger partial charge in [0.05, 0.1) is 48.5 Å². The largest absolute Gasteiger partial charge is 0.545 e. The summed E-state index contributed by atoms with van der Waals surface area (Å²) in [6, 6.07) is 12.0. The molecule has 2 aliphatic rings. The molecule has 1 fully saturated rings. The molecular weight excluding hydrogens is 687 g/mol. The number of hydrogen-bond acceptors (Lipinski definition) is 10. The Morgan fingerprint density at radius 2 is 1.40 bits per heavy atom. The summed E-state index contributed by atoms with van der Waals surface area (Å²) < 4.78 is 45.3. The lowest BCUT2D eigenvalue weighted by Gasteiger charge is -2.33. The van der Waals surface area contributed by atoms with E-state index in [0.29, 0.717) is 43.1 Å². The van der Waals surface area contributed by atoms with E-state index in [-0.39, 0.29) is 5.97 Å². The Kier molecular flexibility index (Phi) is 17.0. The molecule has 0 saturated carbocycles. The monoisotopic (exact) mass is 725 g/mol. The maximum Gasteiger partial charge on any atom is 0.416 e. The van der Waals surface area contributed by atoms with E-state index in [1.54, 1.807) is 6.07 Å². The third-order valence-electron chi connectivity index (χ3n) is 7.24. The van der Waals surface area contributed by atoms with Crippen molar-refractivity contribution in [2.75, 3.05) is 57.3 Å². The van der Waals surface area contributed by atoms with E-state index in [1.165, 1.54) is 40.6 Å². The maximum atomic E-state index is 13.4. The third-order valence-corrected chi connectivity index (χ3v) is 8.37. The first-order valence-corrected chi connectivity index (χ1v) is 16.2. The number of para-hydroxylation sites is 1. The molecule has 4 rings (SSSR count). The Hall–Kier alpha value is -4.87. The molecular formula is C33H38F3N3O10S. The highest BCUT2D eigenvalue weighted by molar-refractivity contribution is 7.99. The smallest absolute Gasteiger partial charge is 0.416 e. The average molecular weight is 726 g/mol. The van der Waals surface area contributed by atoms with Crippen LogP contribution in [0.3, 0.4) is 0 Å². The van der Waals surface area contributed by atoms with Crippen LogP contribution in [0.15, 0.2) is 76.6 Å².